The predicted molar refractivity (Wildman–Crippen MR) is 113 cm³/mol. The molecule has 1 heterocycles. The number of nitrogens with zero attached hydrogens (tertiary/aromatic N) is 1. The molecule has 0 amide bonds. The molecule has 0 atom stereocenters. The number of carbonyl (C=O) groups is 2. The van der Waals surface area contributed by atoms with Crippen LogP contribution in [-0.2, 0) is 31.9 Å². The number of carbonyl (C=O) groups excluding carboxylic acids is 2. The van der Waals surface area contributed by atoms with Crippen LogP contribution in [-0.4, -0.2) is 43.2 Å². The van der Waals surface area contributed by atoms with Crippen molar-refractivity contribution in [3.8, 4) is 0 Å². The molecule has 1 aromatic heterocycles. The van der Waals surface area contributed by atoms with Gasteiger partial charge in [-0.15, -0.1) is 0 Å². The van der Waals surface area contributed by atoms with Crippen LogP contribution in [0.25, 0.3) is 0 Å². The molecule has 0 fully saturated rings. The summed E-state index contributed by atoms with van der Waals surface area (Å²) in [5.74, 6) is -0.737. The Hall–Kier alpha value is -2.93. The number of anilines is 1. The zero-order chi connectivity index (χ0) is 21.5. The van der Waals surface area contributed by atoms with Crippen molar-refractivity contribution in [2.24, 2.45) is 0 Å². The van der Waals surface area contributed by atoms with Crippen LogP contribution in [0.3, 0.4) is 0 Å². The molecule has 1 aromatic carbocycles. The topological polar surface area (TPSA) is 104 Å². The lowest BCUT2D eigenvalue weighted by molar-refractivity contribution is -0.143. The SMILES string of the molecule is CCOC(=O)CNCC(=O)OCC.Cc1cc(CCc2ccc(N)cc2)ccn1. The first-order valence-corrected chi connectivity index (χ1v) is 9.72. The quantitative estimate of drug-likeness (QED) is 0.491. The lowest BCUT2D eigenvalue weighted by Crippen LogP contribution is -2.30. The molecule has 0 spiro atoms. The normalized spacial score (nSPS) is 9.90. The maximum Gasteiger partial charge on any atom is 0.319 e. The predicted octanol–water partition coefficient (Wildman–Crippen LogP) is 2.46. The van der Waals surface area contributed by atoms with Crippen molar-refractivity contribution in [1.29, 1.82) is 0 Å². The first-order valence-electron chi connectivity index (χ1n) is 9.72. The molecule has 0 aliphatic rings. The molecule has 7 nitrogen and oxygen atoms in total. The van der Waals surface area contributed by atoms with Crippen molar-refractivity contribution in [2.75, 3.05) is 32.0 Å². The van der Waals surface area contributed by atoms with Crippen molar-refractivity contribution in [2.45, 2.75) is 33.6 Å². The molecule has 0 bridgehead atoms. The van der Waals surface area contributed by atoms with Gasteiger partial charge in [0.2, 0.25) is 0 Å². The van der Waals surface area contributed by atoms with E-state index in [0.717, 1.165) is 24.2 Å². The summed E-state index contributed by atoms with van der Waals surface area (Å²) in [5.41, 5.74) is 10.2. The molecule has 2 aromatic rings. The van der Waals surface area contributed by atoms with Crippen LogP contribution in [0.5, 0.6) is 0 Å². The molecule has 0 aliphatic carbocycles. The van der Waals surface area contributed by atoms with Crippen LogP contribution >= 0.6 is 0 Å². The van der Waals surface area contributed by atoms with E-state index in [1.54, 1.807) is 13.8 Å². The number of aryl methyl sites for hydroxylation is 3. The second-order valence-electron chi connectivity index (χ2n) is 6.26. The molecule has 0 radical (unpaired) electrons. The Morgan fingerprint density at radius 3 is 2.00 bits per heavy atom. The third-order valence-electron chi connectivity index (χ3n) is 3.79. The summed E-state index contributed by atoms with van der Waals surface area (Å²) in [4.78, 5) is 25.7. The summed E-state index contributed by atoms with van der Waals surface area (Å²) < 4.78 is 9.26. The van der Waals surface area contributed by atoms with Crippen LogP contribution in [0.4, 0.5) is 5.69 Å². The van der Waals surface area contributed by atoms with Crippen LogP contribution in [0.15, 0.2) is 42.6 Å². The van der Waals surface area contributed by atoms with Gasteiger partial charge in [-0.25, -0.2) is 0 Å². The van der Waals surface area contributed by atoms with E-state index < -0.39 is 0 Å². The van der Waals surface area contributed by atoms with Crippen molar-refractivity contribution in [3.05, 3.63) is 59.4 Å². The number of esters is 2. The largest absolute Gasteiger partial charge is 0.465 e. The minimum atomic E-state index is -0.369. The number of pyridine rings is 1. The summed E-state index contributed by atoms with van der Waals surface area (Å²) in [6.07, 6.45) is 3.96. The molecule has 7 heteroatoms. The summed E-state index contributed by atoms with van der Waals surface area (Å²) in [6, 6.07) is 12.3. The van der Waals surface area contributed by atoms with E-state index in [9.17, 15) is 9.59 Å². The molecule has 2 rings (SSSR count). The van der Waals surface area contributed by atoms with Gasteiger partial charge in [0.25, 0.3) is 0 Å². The lowest BCUT2D eigenvalue weighted by atomic mass is 10.0. The van der Waals surface area contributed by atoms with Crippen molar-refractivity contribution < 1.29 is 19.1 Å². The van der Waals surface area contributed by atoms with Gasteiger partial charge in [0.15, 0.2) is 0 Å². The minimum absolute atomic E-state index is 0.0344. The number of aromatic nitrogens is 1. The van der Waals surface area contributed by atoms with Gasteiger partial charge < -0.3 is 15.2 Å². The van der Waals surface area contributed by atoms with Crippen molar-refractivity contribution >= 4 is 17.6 Å². The molecule has 0 unspecified atom stereocenters. The number of nitrogen functional groups attached to an aromatic ring is 1. The van der Waals surface area contributed by atoms with Crippen LogP contribution < -0.4 is 11.1 Å². The number of hydrogen-bond donors (Lipinski definition) is 2. The van der Waals surface area contributed by atoms with Crippen LogP contribution in [0.1, 0.15) is 30.7 Å². The Morgan fingerprint density at radius 2 is 1.48 bits per heavy atom. The molecule has 0 saturated heterocycles. The number of ether oxygens (including phenoxy) is 2. The average Bonchev–Trinajstić information content (AvgIpc) is 2.69. The van der Waals surface area contributed by atoms with E-state index in [-0.39, 0.29) is 25.0 Å². The molecular weight excluding hydrogens is 370 g/mol. The third-order valence-corrected chi connectivity index (χ3v) is 3.79. The van der Waals surface area contributed by atoms with E-state index in [2.05, 4.69) is 44.0 Å². The van der Waals surface area contributed by atoms with Crippen molar-refractivity contribution in [1.82, 2.24) is 10.3 Å². The smallest absolute Gasteiger partial charge is 0.319 e. The van der Waals surface area contributed by atoms with E-state index in [0.29, 0.717) is 13.2 Å². The Morgan fingerprint density at radius 1 is 0.931 bits per heavy atom. The Balaban J connectivity index is 0.000000298. The lowest BCUT2D eigenvalue weighted by Gasteiger charge is -2.03. The van der Waals surface area contributed by atoms with Gasteiger partial charge in [-0.2, -0.15) is 0 Å². The highest BCUT2D eigenvalue weighted by Crippen LogP contribution is 2.10. The molecular formula is C22H31N3O4. The van der Waals surface area contributed by atoms with E-state index in [1.165, 1.54) is 11.1 Å². The summed E-state index contributed by atoms with van der Waals surface area (Å²) in [5, 5.41) is 2.61. The van der Waals surface area contributed by atoms with Crippen LogP contribution in [0.2, 0.25) is 0 Å². The number of nitrogens with two attached hydrogens (primary N) is 1. The monoisotopic (exact) mass is 401 g/mol. The fraction of sp³-hybridized carbons (Fsp3) is 0.409. The van der Waals surface area contributed by atoms with Crippen LogP contribution in [0, 0.1) is 6.92 Å². The average molecular weight is 402 g/mol. The summed E-state index contributed by atoms with van der Waals surface area (Å²) >= 11 is 0. The molecule has 29 heavy (non-hydrogen) atoms. The maximum atomic E-state index is 10.7. The summed E-state index contributed by atoms with van der Waals surface area (Å²) in [6.45, 7) is 6.23. The first kappa shape index (κ1) is 24.1. The van der Waals surface area contributed by atoms with Gasteiger partial charge in [0.05, 0.1) is 26.3 Å². The number of hydrogen-bond acceptors (Lipinski definition) is 7. The third kappa shape index (κ3) is 11.5. The number of rotatable bonds is 9. The fourth-order valence-corrected chi connectivity index (χ4v) is 2.42. The Kier molecular flexibility index (Phi) is 11.7. The highest BCUT2D eigenvalue weighted by Gasteiger charge is 2.04. The number of nitrogens with one attached hydrogen (secondary N) is 1. The first-order chi connectivity index (χ1) is 13.9. The molecule has 0 aliphatic heterocycles. The van der Waals surface area contributed by atoms with E-state index in [4.69, 9.17) is 5.73 Å². The second kappa shape index (κ2) is 14.1. The Labute approximate surface area is 172 Å². The fourth-order valence-electron chi connectivity index (χ4n) is 2.42. The van der Waals surface area contributed by atoms with Gasteiger partial charge in [0, 0.05) is 17.6 Å². The minimum Gasteiger partial charge on any atom is -0.465 e. The number of benzene rings is 1. The maximum absolute atomic E-state index is 10.7. The molecule has 0 saturated carbocycles. The van der Waals surface area contributed by atoms with Gasteiger partial charge in [-0.1, -0.05) is 12.1 Å². The second-order valence-corrected chi connectivity index (χ2v) is 6.26. The molecule has 158 valence electrons. The van der Waals surface area contributed by atoms with Gasteiger partial charge in [-0.05, 0) is 69.0 Å². The molecule has 3 N–H and O–H groups in total. The van der Waals surface area contributed by atoms with Crippen molar-refractivity contribution in [3.63, 3.8) is 0 Å². The highest BCUT2D eigenvalue weighted by atomic mass is 16.5. The summed E-state index contributed by atoms with van der Waals surface area (Å²) in [7, 11) is 0. The highest BCUT2D eigenvalue weighted by molar-refractivity contribution is 5.74. The van der Waals surface area contributed by atoms with Gasteiger partial charge >= 0.3 is 11.9 Å². The zero-order valence-corrected chi connectivity index (χ0v) is 17.4. The van der Waals surface area contributed by atoms with E-state index >= 15 is 0 Å². The zero-order valence-electron chi connectivity index (χ0n) is 17.4. The van der Waals surface area contributed by atoms with E-state index in [1.807, 2.05) is 25.3 Å². The van der Waals surface area contributed by atoms with Gasteiger partial charge in [0.1, 0.15) is 0 Å². The Bertz CT molecular complexity index is 730. The standard InChI is InChI=1S/C14H16N2.C8H15NO4/c1-11-10-13(8-9-16-11)3-2-12-4-6-14(15)7-5-12;1-3-12-7(10)5-9-6-8(11)13-4-2/h4-10H,2-3,15H2,1H3;9H,3-6H2,1-2H3. The van der Waals surface area contributed by atoms with Gasteiger partial charge in [-0.3, -0.25) is 19.9 Å².